The number of benzene rings is 1. The summed E-state index contributed by atoms with van der Waals surface area (Å²) in [4.78, 5) is 12.9. The van der Waals surface area contributed by atoms with Crippen molar-refractivity contribution >= 4 is 33.0 Å². The molecule has 6 nitrogen and oxygen atoms in total. The zero-order valence-electron chi connectivity index (χ0n) is 12.3. The molecule has 1 atom stereocenters. The maximum Gasteiger partial charge on any atom is 0.339 e. The average molecular weight is 363 g/mol. The summed E-state index contributed by atoms with van der Waals surface area (Å²) >= 11 is 5.21. The van der Waals surface area contributed by atoms with E-state index in [4.69, 9.17) is 26.9 Å². The highest BCUT2D eigenvalue weighted by Crippen LogP contribution is 2.29. The third-order valence-electron chi connectivity index (χ3n) is 3.48. The highest BCUT2D eigenvalue weighted by molar-refractivity contribution is 7.87. The fraction of sp³-hybridized carbons (Fsp3) is 0.125. The van der Waals surface area contributed by atoms with Gasteiger partial charge < -0.3 is 14.7 Å². The van der Waals surface area contributed by atoms with Gasteiger partial charge in [0.15, 0.2) is 6.10 Å². The van der Waals surface area contributed by atoms with E-state index in [-0.39, 0.29) is 10.8 Å². The van der Waals surface area contributed by atoms with E-state index in [1.54, 1.807) is 30.4 Å². The molecule has 2 aliphatic rings. The molecule has 0 bridgehead atoms. The molecule has 0 saturated heterocycles. The molecule has 1 aliphatic carbocycles. The maximum atomic E-state index is 12.5. The minimum Gasteiger partial charge on any atom is -0.460 e. The second kappa shape index (κ2) is 6.21. The minimum absolute atomic E-state index is 0.0862. The van der Waals surface area contributed by atoms with Crippen molar-refractivity contribution in [3.63, 3.8) is 0 Å². The predicted molar refractivity (Wildman–Crippen MR) is 90.2 cm³/mol. The van der Waals surface area contributed by atoms with Crippen molar-refractivity contribution in [1.82, 2.24) is 0 Å². The maximum absolute atomic E-state index is 12.5. The van der Waals surface area contributed by atoms with Gasteiger partial charge in [-0.2, -0.15) is 8.42 Å². The van der Waals surface area contributed by atoms with E-state index in [0.717, 1.165) is 0 Å². The lowest BCUT2D eigenvalue weighted by Crippen LogP contribution is -2.27. The number of hydrogen-bond acceptors (Lipinski definition) is 7. The minimum atomic E-state index is -4.18. The molecular weight excluding hydrogens is 350 g/mol. The topological polar surface area (TPSA) is 95.7 Å². The smallest absolute Gasteiger partial charge is 0.339 e. The van der Waals surface area contributed by atoms with Crippen molar-refractivity contribution in [3.8, 4) is 0 Å². The number of hydrogen-bond donors (Lipinski definition) is 1. The van der Waals surface area contributed by atoms with Crippen LogP contribution in [0.3, 0.4) is 0 Å². The first kappa shape index (κ1) is 16.4. The zero-order valence-corrected chi connectivity index (χ0v) is 14.0. The number of Topliss-reactive ketones (excluding diaryl/α,β-unsaturated/α-hetero) is 1. The van der Waals surface area contributed by atoms with Gasteiger partial charge in [0.1, 0.15) is 4.90 Å². The second-order valence-electron chi connectivity index (χ2n) is 5.08. The van der Waals surface area contributed by atoms with Crippen LogP contribution in [0.4, 0.5) is 0 Å². The lowest BCUT2D eigenvalue weighted by Gasteiger charge is -2.16. The summed E-state index contributed by atoms with van der Waals surface area (Å²) in [5.41, 5.74) is 6.14. The summed E-state index contributed by atoms with van der Waals surface area (Å²) in [7, 11) is -4.18. The molecular formula is C16H13NO5S2. The van der Waals surface area contributed by atoms with Crippen LogP contribution < -0.4 is 5.73 Å². The summed E-state index contributed by atoms with van der Waals surface area (Å²) in [6.07, 6.45) is 4.67. The third kappa shape index (κ3) is 2.98. The summed E-state index contributed by atoms with van der Waals surface area (Å²) in [6.45, 7) is 0. The molecule has 1 aromatic carbocycles. The van der Waals surface area contributed by atoms with E-state index in [0.29, 0.717) is 16.9 Å². The Morgan fingerprint density at radius 2 is 1.96 bits per heavy atom. The number of allylic oxidation sites excluding steroid dienone is 3. The highest BCUT2D eigenvalue weighted by atomic mass is 32.2. The first-order chi connectivity index (χ1) is 11.4. The molecule has 24 heavy (non-hydrogen) atoms. The van der Waals surface area contributed by atoms with Crippen LogP contribution in [0.2, 0.25) is 0 Å². The van der Waals surface area contributed by atoms with Crippen LogP contribution in [0.1, 0.15) is 6.42 Å². The molecule has 0 saturated carbocycles. The van der Waals surface area contributed by atoms with Gasteiger partial charge in [0.05, 0.1) is 0 Å². The predicted octanol–water partition coefficient (Wildman–Crippen LogP) is 1.74. The highest BCUT2D eigenvalue weighted by Gasteiger charge is 2.41. The SMILES string of the molecule is NC1=C(OS(=O)(=O)c2ccccc2)C(=O)C(C2=CC=CCC2=S)O1. The van der Waals surface area contributed by atoms with E-state index in [1.165, 1.54) is 12.1 Å². The Bertz CT molecular complexity index is 898. The van der Waals surface area contributed by atoms with E-state index in [9.17, 15) is 13.2 Å². The first-order valence-electron chi connectivity index (χ1n) is 7.00. The Balaban J connectivity index is 1.86. The monoisotopic (exact) mass is 363 g/mol. The van der Waals surface area contributed by atoms with Crippen LogP contribution in [0.25, 0.3) is 0 Å². The molecule has 0 spiro atoms. The Morgan fingerprint density at radius 3 is 2.62 bits per heavy atom. The molecule has 1 heterocycles. The van der Waals surface area contributed by atoms with Crippen molar-refractivity contribution in [2.24, 2.45) is 5.73 Å². The molecule has 8 heteroatoms. The second-order valence-corrected chi connectivity index (χ2v) is 7.12. The van der Waals surface area contributed by atoms with Gasteiger partial charge in [0, 0.05) is 16.9 Å². The molecule has 0 radical (unpaired) electrons. The van der Waals surface area contributed by atoms with E-state index in [1.807, 2.05) is 6.08 Å². The standard InChI is InChI=1S/C16H13NO5S2/c17-16-15(22-24(19,20)10-6-2-1-3-7-10)13(18)14(21-16)11-8-4-5-9-12(11)23/h1-8,14H,9,17H2. The Kier molecular flexibility index (Phi) is 4.25. The van der Waals surface area contributed by atoms with Gasteiger partial charge in [-0.1, -0.05) is 48.6 Å². The van der Waals surface area contributed by atoms with Crippen molar-refractivity contribution < 1.29 is 22.1 Å². The molecule has 0 amide bonds. The van der Waals surface area contributed by atoms with Gasteiger partial charge >= 0.3 is 10.1 Å². The fourth-order valence-electron chi connectivity index (χ4n) is 2.30. The molecule has 1 aliphatic heterocycles. The van der Waals surface area contributed by atoms with Gasteiger partial charge in [0.2, 0.25) is 17.4 Å². The Labute approximate surface area is 144 Å². The number of nitrogens with two attached hydrogens (primary N) is 1. The molecule has 1 aromatic rings. The average Bonchev–Trinajstić information content (AvgIpc) is 2.84. The summed E-state index contributed by atoms with van der Waals surface area (Å²) in [5.74, 6) is -1.57. The first-order valence-corrected chi connectivity index (χ1v) is 8.82. The molecule has 124 valence electrons. The number of thiocarbonyl (C=S) groups is 1. The van der Waals surface area contributed by atoms with Crippen LogP contribution in [0.5, 0.6) is 0 Å². The number of carbonyl (C=O) groups is 1. The quantitative estimate of drug-likeness (QED) is 0.643. The molecule has 0 fully saturated rings. The third-order valence-corrected chi connectivity index (χ3v) is 5.11. The van der Waals surface area contributed by atoms with Gasteiger partial charge in [-0.15, -0.1) is 0 Å². The zero-order chi connectivity index (χ0) is 17.3. The lowest BCUT2D eigenvalue weighted by molar-refractivity contribution is -0.121. The Hall–Kier alpha value is -2.45. The van der Waals surface area contributed by atoms with Gasteiger partial charge in [0.25, 0.3) is 0 Å². The van der Waals surface area contributed by atoms with Crippen molar-refractivity contribution in [1.29, 1.82) is 0 Å². The molecule has 2 N–H and O–H groups in total. The number of ketones is 1. The van der Waals surface area contributed by atoms with Crippen LogP contribution in [0.15, 0.2) is 70.7 Å². The van der Waals surface area contributed by atoms with E-state index in [2.05, 4.69) is 0 Å². The summed E-state index contributed by atoms with van der Waals surface area (Å²) in [6, 6.07) is 7.46. The van der Waals surface area contributed by atoms with Crippen LogP contribution in [-0.2, 0) is 23.8 Å². The largest absolute Gasteiger partial charge is 0.460 e. The number of carbonyl (C=O) groups excluding carboxylic acids is 1. The summed E-state index contributed by atoms with van der Waals surface area (Å²) < 4.78 is 34.7. The van der Waals surface area contributed by atoms with Crippen LogP contribution >= 0.6 is 12.2 Å². The number of rotatable bonds is 4. The molecule has 0 aromatic heterocycles. The van der Waals surface area contributed by atoms with E-state index >= 15 is 0 Å². The Morgan fingerprint density at radius 1 is 1.25 bits per heavy atom. The van der Waals surface area contributed by atoms with E-state index < -0.39 is 27.8 Å². The molecule has 1 unspecified atom stereocenters. The van der Waals surface area contributed by atoms with Crippen molar-refractivity contribution in [2.75, 3.05) is 0 Å². The van der Waals surface area contributed by atoms with Crippen LogP contribution in [0, 0.1) is 0 Å². The van der Waals surface area contributed by atoms with Crippen molar-refractivity contribution in [2.45, 2.75) is 17.4 Å². The fourth-order valence-corrected chi connectivity index (χ4v) is 3.54. The summed E-state index contributed by atoms with van der Waals surface area (Å²) in [5, 5.41) is 0. The van der Waals surface area contributed by atoms with Gasteiger partial charge in [-0.25, -0.2) is 0 Å². The molecule has 3 rings (SSSR count). The van der Waals surface area contributed by atoms with Crippen molar-refractivity contribution in [3.05, 3.63) is 65.8 Å². The normalized spacial score (nSPS) is 20.8. The van der Waals surface area contributed by atoms with Gasteiger partial charge in [-0.05, 0) is 12.1 Å². The van der Waals surface area contributed by atoms with Crippen LogP contribution in [-0.4, -0.2) is 25.2 Å². The lowest BCUT2D eigenvalue weighted by atomic mass is 9.97. The number of ether oxygens (including phenoxy) is 1. The van der Waals surface area contributed by atoms with Gasteiger partial charge in [-0.3, -0.25) is 4.79 Å².